The number of carbonyl (C=O) groups excluding carboxylic acids is 2. The van der Waals surface area contributed by atoms with Crippen LogP contribution in [0, 0.1) is 36.0 Å². The Morgan fingerprint density at radius 1 is 1.17 bits per heavy atom. The highest BCUT2D eigenvalue weighted by molar-refractivity contribution is 5.95. The van der Waals surface area contributed by atoms with Gasteiger partial charge in [-0.1, -0.05) is 0 Å². The van der Waals surface area contributed by atoms with Gasteiger partial charge in [0, 0.05) is 50.8 Å². The third-order valence-corrected chi connectivity index (χ3v) is 7.41. The smallest absolute Gasteiger partial charge is 0.370 e. The summed E-state index contributed by atoms with van der Waals surface area (Å²) < 4.78 is 40.5. The fraction of sp³-hybridized carbons (Fsp3) is 0.462. The van der Waals surface area contributed by atoms with Crippen molar-refractivity contribution in [2.24, 2.45) is 17.8 Å². The molecule has 0 saturated carbocycles. The standard InChI is InChI=1S/C26H28F3N5O2/c1-16-20(4-3-9-32-16)25(36)33-10-7-17(8-11-33)21-14-34(15-22(21)24(35)31-2)19-6-5-18(13-30)23(12-19)26(27,28)29/h3-6,9,12,17,21-22H,7-8,10-11,14-15H2,1-2H3,(H,31,35). The molecule has 2 amide bonds. The van der Waals surface area contributed by atoms with Crippen LogP contribution in [0.1, 0.15) is 40.0 Å². The van der Waals surface area contributed by atoms with Crippen LogP contribution in [0.5, 0.6) is 0 Å². The molecule has 0 bridgehead atoms. The van der Waals surface area contributed by atoms with Crippen molar-refractivity contribution >= 4 is 17.5 Å². The SMILES string of the molecule is CNC(=O)C1CN(c2ccc(C#N)c(C(F)(F)F)c2)CC1C1CCN(C(=O)c2cccnc2C)CC1. The highest BCUT2D eigenvalue weighted by atomic mass is 19.4. The van der Waals surface area contributed by atoms with E-state index in [9.17, 15) is 22.8 Å². The Kier molecular flexibility index (Phi) is 7.20. The van der Waals surface area contributed by atoms with Crippen LogP contribution in [0.25, 0.3) is 0 Å². The van der Waals surface area contributed by atoms with Gasteiger partial charge in [-0.25, -0.2) is 0 Å². The van der Waals surface area contributed by atoms with Gasteiger partial charge < -0.3 is 15.1 Å². The quantitative estimate of drug-likeness (QED) is 0.694. The normalized spacial score (nSPS) is 20.8. The molecule has 2 saturated heterocycles. The van der Waals surface area contributed by atoms with Crippen LogP contribution in [0.3, 0.4) is 0 Å². The lowest BCUT2D eigenvalue weighted by atomic mass is 9.78. The molecule has 10 heteroatoms. The van der Waals surface area contributed by atoms with Crippen LogP contribution < -0.4 is 10.2 Å². The molecule has 2 aliphatic heterocycles. The maximum absolute atomic E-state index is 13.5. The second kappa shape index (κ2) is 10.2. The molecule has 2 aromatic rings. The molecule has 2 atom stereocenters. The summed E-state index contributed by atoms with van der Waals surface area (Å²) in [5.74, 6) is -0.499. The van der Waals surface area contributed by atoms with Crippen LogP contribution in [0.15, 0.2) is 36.5 Å². The number of nitrogens with zero attached hydrogens (tertiary/aromatic N) is 4. The number of carbonyl (C=O) groups is 2. The fourth-order valence-corrected chi connectivity index (χ4v) is 5.45. The van der Waals surface area contributed by atoms with Crippen molar-refractivity contribution in [2.45, 2.75) is 25.9 Å². The number of hydrogen-bond acceptors (Lipinski definition) is 5. The number of amides is 2. The number of aryl methyl sites for hydroxylation is 1. The van der Waals surface area contributed by atoms with Crippen molar-refractivity contribution in [1.29, 1.82) is 5.26 Å². The molecular weight excluding hydrogens is 471 g/mol. The number of rotatable bonds is 4. The summed E-state index contributed by atoms with van der Waals surface area (Å²) in [5.41, 5.74) is 0.201. The van der Waals surface area contributed by atoms with E-state index >= 15 is 0 Å². The summed E-state index contributed by atoms with van der Waals surface area (Å²) in [6.07, 6.45) is -1.59. The van der Waals surface area contributed by atoms with E-state index in [1.165, 1.54) is 12.1 Å². The fourth-order valence-electron chi connectivity index (χ4n) is 5.45. The number of nitriles is 1. The van der Waals surface area contributed by atoms with Gasteiger partial charge in [-0.2, -0.15) is 18.4 Å². The Bertz CT molecular complexity index is 1180. The first-order valence-electron chi connectivity index (χ1n) is 11.9. The van der Waals surface area contributed by atoms with E-state index < -0.39 is 17.3 Å². The molecule has 2 fully saturated rings. The monoisotopic (exact) mass is 499 g/mol. The van der Waals surface area contributed by atoms with E-state index in [2.05, 4.69) is 10.3 Å². The van der Waals surface area contributed by atoms with Gasteiger partial charge in [-0.15, -0.1) is 0 Å². The Labute approximate surface area is 207 Å². The average molecular weight is 500 g/mol. The first-order valence-corrected chi connectivity index (χ1v) is 11.9. The number of benzene rings is 1. The molecule has 1 aromatic carbocycles. The predicted molar refractivity (Wildman–Crippen MR) is 127 cm³/mol. The van der Waals surface area contributed by atoms with Crippen LogP contribution in [0.2, 0.25) is 0 Å². The largest absolute Gasteiger partial charge is 0.417 e. The first-order chi connectivity index (χ1) is 17.1. The zero-order valence-electron chi connectivity index (χ0n) is 20.2. The highest BCUT2D eigenvalue weighted by Crippen LogP contribution is 2.40. The lowest BCUT2D eigenvalue weighted by molar-refractivity contribution is -0.137. The Morgan fingerprint density at radius 2 is 1.89 bits per heavy atom. The van der Waals surface area contributed by atoms with Gasteiger partial charge in [0.1, 0.15) is 0 Å². The third-order valence-electron chi connectivity index (χ3n) is 7.41. The Hall–Kier alpha value is -3.61. The Morgan fingerprint density at radius 3 is 2.50 bits per heavy atom. The van der Waals surface area contributed by atoms with E-state index in [-0.39, 0.29) is 29.6 Å². The highest BCUT2D eigenvalue weighted by Gasteiger charge is 2.43. The second-order valence-electron chi connectivity index (χ2n) is 9.40. The molecule has 190 valence electrons. The molecule has 3 heterocycles. The zero-order chi connectivity index (χ0) is 26.0. The summed E-state index contributed by atoms with van der Waals surface area (Å²) in [6, 6.07) is 8.80. The Balaban J connectivity index is 1.51. The molecule has 7 nitrogen and oxygen atoms in total. The number of aromatic nitrogens is 1. The zero-order valence-corrected chi connectivity index (χ0v) is 20.2. The minimum absolute atomic E-state index is 0.0627. The second-order valence-corrected chi connectivity index (χ2v) is 9.40. The van der Waals surface area contributed by atoms with Gasteiger partial charge in [0.25, 0.3) is 5.91 Å². The van der Waals surface area contributed by atoms with Gasteiger partial charge in [-0.3, -0.25) is 14.6 Å². The van der Waals surface area contributed by atoms with Gasteiger partial charge in [0.2, 0.25) is 5.91 Å². The third kappa shape index (κ3) is 5.01. The maximum Gasteiger partial charge on any atom is 0.417 e. The van der Waals surface area contributed by atoms with Crippen LogP contribution in [-0.2, 0) is 11.0 Å². The van der Waals surface area contributed by atoms with E-state index in [0.29, 0.717) is 56.0 Å². The van der Waals surface area contributed by atoms with Gasteiger partial charge >= 0.3 is 6.18 Å². The number of likely N-dealkylation sites (tertiary alicyclic amines) is 1. The molecule has 0 spiro atoms. The lowest BCUT2D eigenvalue weighted by Crippen LogP contribution is -2.43. The van der Waals surface area contributed by atoms with Gasteiger partial charge in [0.15, 0.2) is 0 Å². The molecule has 1 aromatic heterocycles. The summed E-state index contributed by atoms with van der Waals surface area (Å²) in [5, 5.41) is 11.8. The molecule has 1 N–H and O–H groups in total. The number of anilines is 1. The van der Waals surface area contributed by atoms with Crippen molar-refractivity contribution in [3.8, 4) is 6.07 Å². The predicted octanol–water partition coefficient (Wildman–Crippen LogP) is 3.63. The molecule has 2 aliphatic rings. The summed E-state index contributed by atoms with van der Waals surface area (Å²) >= 11 is 0. The average Bonchev–Trinajstić information content (AvgIpc) is 3.33. The molecule has 4 rings (SSSR count). The first kappa shape index (κ1) is 25.5. The van der Waals surface area contributed by atoms with Crippen molar-refractivity contribution in [2.75, 3.05) is 38.1 Å². The van der Waals surface area contributed by atoms with Crippen molar-refractivity contribution < 1.29 is 22.8 Å². The minimum Gasteiger partial charge on any atom is -0.370 e. The van der Waals surface area contributed by atoms with Crippen LogP contribution in [0.4, 0.5) is 18.9 Å². The molecular formula is C26H28F3N5O2. The van der Waals surface area contributed by atoms with Gasteiger partial charge in [0.05, 0.1) is 28.7 Å². The molecule has 0 radical (unpaired) electrons. The number of alkyl halides is 3. The summed E-state index contributed by atoms with van der Waals surface area (Å²) in [6.45, 7) is 3.62. The van der Waals surface area contributed by atoms with Gasteiger partial charge in [-0.05, 0) is 61.9 Å². The number of pyridine rings is 1. The van der Waals surface area contributed by atoms with Crippen molar-refractivity contribution in [3.05, 3.63) is 58.9 Å². The number of piperidine rings is 1. The van der Waals surface area contributed by atoms with E-state index in [1.807, 2.05) is 0 Å². The number of hydrogen-bond donors (Lipinski definition) is 1. The lowest BCUT2D eigenvalue weighted by Gasteiger charge is -2.36. The van der Waals surface area contributed by atoms with Crippen LogP contribution >= 0.6 is 0 Å². The van der Waals surface area contributed by atoms with Crippen molar-refractivity contribution in [3.63, 3.8) is 0 Å². The molecule has 36 heavy (non-hydrogen) atoms. The van der Waals surface area contributed by atoms with E-state index in [1.54, 1.807) is 48.2 Å². The summed E-state index contributed by atoms with van der Waals surface area (Å²) in [4.78, 5) is 33.5. The van der Waals surface area contributed by atoms with E-state index in [0.717, 1.165) is 6.07 Å². The van der Waals surface area contributed by atoms with Crippen molar-refractivity contribution in [1.82, 2.24) is 15.2 Å². The van der Waals surface area contributed by atoms with E-state index in [4.69, 9.17) is 5.26 Å². The van der Waals surface area contributed by atoms with Crippen LogP contribution in [-0.4, -0.2) is 54.9 Å². The molecule has 2 unspecified atom stereocenters. The minimum atomic E-state index is -4.65. The topological polar surface area (TPSA) is 89.3 Å². The summed E-state index contributed by atoms with van der Waals surface area (Å²) in [7, 11) is 1.56. The number of nitrogens with one attached hydrogen (secondary N) is 1. The number of halogens is 3. The maximum atomic E-state index is 13.5. The molecule has 0 aliphatic carbocycles.